The van der Waals surface area contributed by atoms with Crippen LogP contribution in [0.4, 0.5) is 5.69 Å². The van der Waals surface area contributed by atoms with Crippen LogP contribution in [0.5, 0.6) is 0 Å². The van der Waals surface area contributed by atoms with Crippen LogP contribution in [-0.4, -0.2) is 24.0 Å². The van der Waals surface area contributed by atoms with Gasteiger partial charge in [0, 0.05) is 42.0 Å². The molecule has 3 rings (SSSR count). The lowest BCUT2D eigenvalue weighted by molar-refractivity contribution is -0.107. The normalized spacial score (nSPS) is 12.2. The fourth-order valence-electron chi connectivity index (χ4n) is 2.83. The van der Waals surface area contributed by atoms with Crippen molar-refractivity contribution in [2.45, 2.75) is 25.8 Å². The molecule has 5 nitrogen and oxygen atoms in total. The summed E-state index contributed by atoms with van der Waals surface area (Å²) < 4.78 is 5.58. The molecule has 2 aromatic heterocycles. The number of fused-ring (bicyclic) bond motifs is 1. The second-order valence-electron chi connectivity index (χ2n) is 6.00. The highest BCUT2D eigenvalue weighted by atomic mass is 16.3. The number of aromatic nitrogens is 1. The van der Waals surface area contributed by atoms with Crippen molar-refractivity contribution in [2.75, 3.05) is 11.4 Å². The summed E-state index contributed by atoms with van der Waals surface area (Å²) in [5.74, 6) is 0. The van der Waals surface area contributed by atoms with Gasteiger partial charge in [-0.15, -0.1) is 0 Å². The van der Waals surface area contributed by atoms with E-state index in [2.05, 4.69) is 4.98 Å². The van der Waals surface area contributed by atoms with E-state index in [-0.39, 0.29) is 6.04 Å². The summed E-state index contributed by atoms with van der Waals surface area (Å²) in [6.45, 7) is 2.53. The van der Waals surface area contributed by atoms with E-state index in [9.17, 15) is 4.79 Å². The minimum Gasteiger partial charge on any atom is -0.464 e. The zero-order chi connectivity index (χ0) is 16.9. The first-order valence-corrected chi connectivity index (χ1v) is 8.05. The summed E-state index contributed by atoms with van der Waals surface area (Å²) in [5.41, 5.74) is 9.62. The SMILES string of the molecule is CC(N)Cc1cc(N(C=O)CCc2ccccn2)cc2ccoc12. The van der Waals surface area contributed by atoms with E-state index in [0.29, 0.717) is 19.4 Å². The molecule has 0 spiro atoms. The second kappa shape index (κ2) is 7.27. The average molecular weight is 323 g/mol. The van der Waals surface area contributed by atoms with E-state index in [1.807, 2.05) is 43.3 Å². The van der Waals surface area contributed by atoms with Crippen molar-refractivity contribution in [3.63, 3.8) is 0 Å². The van der Waals surface area contributed by atoms with Gasteiger partial charge in [0.1, 0.15) is 5.58 Å². The molecular formula is C19H21N3O2. The molecule has 1 aromatic carbocycles. The third-order valence-corrected chi connectivity index (χ3v) is 3.95. The van der Waals surface area contributed by atoms with Crippen LogP contribution < -0.4 is 10.6 Å². The van der Waals surface area contributed by atoms with Crippen molar-refractivity contribution in [2.24, 2.45) is 5.73 Å². The van der Waals surface area contributed by atoms with Gasteiger partial charge < -0.3 is 15.1 Å². The van der Waals surface area contributed by atoms with E-state index in [1.54, 1.807) is 17.4 Å². The summed E-state index contributed by atoms with van der Waals surface area (Å²) >= 11 is 0. The zero-order valence-corrected chi connectivity index (χ0v) is 13.7. The van der Waals surface area contributed by atoms with Gasteiger partial charge in [-0.05, 0) is 49.2 Å². The van der Waals surface area contributed by atoms with Gasteiger partial charge in [-0.2, -0.15) is 0 Å². The summed E-state index contributed by atoms with van der Waals surface area (Å²) in [7, 11) is 0. The van der Waals surface area contributed by atoms with E-state index in [1.165, 1.54) is 0 Å². The minimum absolute atomic E-state index is 0.0201. The molecule has 0 aliphatic carbocycles. The molecule has 0 fully saturated rings. The van der Waals surface area contributed by atoms with Gasteiger partial charge in [0.2, 0.25) is 6.41 Å². The summed E-state index contributed by atoms with van der Waals surface area (Å²) in [4.78, 5) is 17.6. The molecule has 1 amide bonds. The fourth-order valence-corrected chi connectivity index (χ4v) is 2.83. The monoisotopic (exact) mass is 323 g/mol. The lowest BCUT2D eigenvalue weighted by Crippen LogP contribution is -2.24. The molecule has 0 aliphatic heterocycles. The first-order chi connectivity index (χ1) is 11.7. The van der Waals surface area contributed by atoms with Gasteiger partial charge in [0.15, 0.2) is 0 Å². The summed E-state index contributed by atoms with van der Waals surface area (Å²) in [6.07, 6.45) is 5.69. The number of benzene rings is 1. The van der Waals surface area contributed by atoms with Gasteiger partial charge in [-0.1, -0.05) is 6.07 Å². The number of anilines is 1. The lowest BCUT2D eigenvalue weighted by Gasteiger charge is -2.19. The Balaban J connectivity index is 1.86. The van der Waals surface area contributed by atoms with E-state index < -0.39 is 0 Å². The van der Waals surface area contributed by atoms with Gasteiger partial charge in [0.05, 0.1) is 6.26 Å². The molecular weight excluding hydrogens is 302 g/mol. The van der Waals surface area contributed by atoms with Gasteiger partial charge in [-0.3, -0.25) is 9.78 Å². The van der Waals surface area contributed by atoms with E-state index in [0.717, 1.165) is 34.3 Å². The van der Waals surface area contributed by atoms with E-state index >= 15 is 0 Å². The number of amides is 1. The van der Waals surface area contributed by atoms with Crippen LogP contribution in [0.3, 0.4) is 0 Å². The first kappa shape index (κ1) is 16.2. The molecule has 2 heterocycles. The highest BCUT2D eigenvalue weighted by Gasteiger charge is 2.13. The molecule has 1 unspecified atom stereocenters. The predicted molar refractivity (Wildman–Crippen MR) is 94.9 cm³/mol. The van der Waals surface area contributed by atoms with Gasteiger partial charge in [-0.25, -0.2) is 0 Å². The Morgan fingerprint density at radius 3 is 2.92 bits per heavy atom. The smallest absolute Gasteiger partial charge is 0.214 e. The first-order valence-electron chi connectivity index (χ1n) is 8.05. The number of furan rings is 1. The molecule has 5 heteroatoms. The number of carbonyl (C=O) groups excluding carboxylic acids is 1. The Kier molecular flexibility index (Phi) is 4.91. The number of carbonyl (C=O) groups is 1. The Morgan fingerprint density at radius 2 is 2.21 bits per heavy atom. The zero-order valence-electron chi connectivity index (χ0n) is 13.7. The summed E-state index contributed by atoms with van der Waals surface area (Å²) in [6, 6.07) is 11.7. The highest BCUT2D eigenvalue weighted by molar-refractivity contribution is 5.88. The topological polar surface area (TPSA) is 72.4 Å². The van der Waals surface area contributed by atoms with Crippen molar-refractivity contribution in [3.8, 4) is 0 Å². The molecule has 0 bridgehead atoms. The van der Waals surface area contributed by atoms with Crippen LogP contribution in [0.2, 0.25) is 0 Å². The molecule has 2 N–H and O–H groups in total. The summed E-state index contributed by atoms with van der Waals surface area (Å²) in [5, 5.41) is 0.979. The molecule has 0 radical (unpaired) electrons. The third-order valence-electron chi connectivity index (χ3n) is 3.95. The van der Waals surface area contributed by atoms with Crippen molar-refractivity contribution < 1.29 is 9.21 Å². The molecule has 124 valence electrons. The number of hydrogen-bond acceptors (Lipinski definition) is 4. The van der Waals surface area contributed by atoms with Crippen LogP contribution in [0.25, 0.3) is 11.0 Å². The Bertz CT molecular complexity index is 812. The molecule has 1 atom stereocenters. The number of nitrogens with zero attached hydrogens (tertiary/aromatic N) is 2. The molecule has 3 aromatic rings. The second-order valence-corrected chi connectivity index (χ2v) is 6.00. The molecule has 0 saturated carbocycles. The largest absolute Gasteiger partial charge is 0.464 e. The van der Waals surface area contributed by atoms with Crippen LogP contribution >= 0.6 is 0 Å². The van der Waals surface area contributed by atoms with Crippen molar-refractivity contribution >= 4 is 23.1 Å². The van der Waals surface area contributed by atoms with Crippen LogP contribution in [0, 0.1) is 0 Å². The standard InChI is InChI=1S/C19H21N3O2/c1-14(20)10-16-12-18(11-15-6-9-24-19(15)16)22(13-23)8-5-17-4-2-3-7-21-17/h2-4,6-7,9,11-14H,5,8,10,20H2,1H3. The van der Waals surface area contributed by atoms with Crippen molar-refractivity contribution in [3.05, 3.63) is 60.1 Å². The Morgan fingerprint density at radius 1 is 1.33 bits per heavy atom. The Labute approximate surface area is 141 Å². The molecule has 0 saturated heterocycles. The maximum Gasteiger partial charge on any atom is 0.214 e. The van der Waals surface area contributed by atoms with Crippen molar-refractivity contribution in [1.29, 1.82) is 0 Å². The quantitative estimate of drug-likeness (QED) is 0.679. The fraction of sp³-hybridized carbons (Fsp3) is 0.263. The number of hydrogen-bond donors (Lipinski definition) is 1. The molecule has 24 heavy (non-hydrogen) atoms. The lowest BCUT2D eigenvalue weighted by atomic mass is 10.0. The Hall–Kier alpha value is -2.66. The highest BCUT2D eigenvalue weighted by Crippen LogP contribution is 2.28. The van der Waals surface area contributed by atoms with Crippen molar-refractivity contribution in [1.82, 2.24) is 4.98 Å². The van der Waals surface area contributed by atoms with Gasteiger partial charge in [0.25, 0.3) is 0 Å². The van der Waals surface area contributed by atoms with Crippen LogP contribution in [0.15, 0.2) is 53.3 Å². The maximum absolute atomic E-state index is 11.6. The number of rotatable bonds is 7. The average Bonchev–Trinajstić information content (AvgIpc) is 3.05. The number of nitrogens with two attached hydrogens (primary N) is 1. The van der Waals surface area contributed by atoms with Crippen LogP contribution in [0.1, 0.15) is 18.2 Å². The maximum atomic E-state index is 11.6. The predicted octanol–water partition coefficient (Wildman–Crippen LogP) is 2.92. The van der Waals surface area contributed by atoms with Crippen LogP contribution in [-0.2, 0) is 17.6 Å². The third kappa shape index (κ3) is 3.63. The minimum atomic E-state index is 0.0201. The van der Waals surface area contributed by atoms with E-state index in [4.69, 9.17) is 10.2 Å². The van der Waals surface area contributed by atoms with Gasteiger partial charge >= 0.3 is 0 Å². The number of pyridine rings is 1. The molecule has 0 aliphatic rings.